The smallest absolute Gasteiger partial charge is 0.0605 e. The monoisotopic (exact) mass is 247 g/mol. The molecule has 18 heavy (non-hydrogen) atoms. The zero-order valence-electron chi connectivity index (χ0n) is 11.8. The van der Waals surface area contributed by atoms with E-state index in [0.29, 0.717) is 0 Å². The van der Waals surface area contributed by atoms with E-state index in [1.165, 1.54) is 18.7 Å². The van der Waals surface area contributed by atoms with E-state index in [2.05, 4.69) is 42.0 Å². The molecule has 3 nitrogen and oxygen atoms in total. The van der Waals surface area contributed by atoms with Gasteiger partial charge in [-0.25, -0.2) is 0 Å². The molecule has 1 fully saturated rings. The van der Waals surface area contributed by atoms with E-state index in [-0.39, 0.29) is 0 Å². The van der Waals surface area contributed by atoms with Crippen molar-refractivity contribution < 1.29 is 0 Å². The number of hydrogen-bond donors (Lipinski definition) is 1. The van der Waals surface area contributed by atoms with Gasteiger partial charge in [-0.3, -0.25) is 4.98 Å². The predicted octanol–water partition coefficient (Wildman–Crippen LogP) is 2.46. The highest BCUT2D eigenvalue weighted by Crippen LogP contribution is 2.25. The summed E-state index contributed by atoms with van der Waals surface area (Å²) in [4.78, 5) is 6.85. The first kappa shape index (κ1) is 13.3. The Morgan fingerprint density at radius 3 is 3.06 bits per heavy atom. The third kappa shape index (κ3) is 3.45. The summed E-state index contributed by atoms with van der Waals surface area (Å²) in [5.74, 6) is 1.52. The molecule has 1 N–H and O–H groups in total. The molecular formula is C15H25N3. The zero-order chi connectivity index (χ0) is 13.0. The SMILES string of the molecule is Cc1ncccc1N1CCC(CNCC(C)C)C1. The van der Waals surface area contributed by atoms with E-state index in [4.69, 9.17) is 0 Å². The molecule has 0 radical (unpaired) electrons. The quantitative estimate of drug-likeness (QED) is 0.866. The van der Waals surface area contributed by atoms with Crippen LogP contribution >= 0.6 is 0 Å². The van der Waals surface area contributed by atoms with Gasteiger partial charge in [0.2, 0.25) is 0 Å². The zero-order valence-corrected chi connectivity index (χ0v) is 11.8. The largest absolute Gasteiger partial charge is 0.370 e. The second-order valence-corrected chi connectivity index (χ2v) is 5.76. The van der Waals surface area contributed by atoms with Crippen molar-refractivity contribution in [2.75, 3.05) is 31.1 Å². The molecular weight excluding hydrogens is 222 g/mol. The molecule has 0 amide bonds. The minimum Gasteiger partial charge on any atom is -0.370 e. The summed E-state index contributed by atoms with van der Waals surface area (Å²) in [6.07, 6.45) is 3.16. The molecule has 1 aromatic heterocycles. The van der Waals surface area contributed by atoms with Crippen LogP contribution in [-0.2, 0) is 0 Å². The topological polar surface area (TPSA) is 28.2 Å². The lowest BCUT2D eigenvalue weighted by Gasteiger charge is -2.20. The maximum atomic E-state index is 4.38. The molecule has 1 aliphatic heterocycles. The van der Waals surface area contributed by atoms with E-state index in [1.54, 1.807) is 0 Å². The first-order chi connectivity index (χ1) is 8.66. The lowest BCUT2D eigenvalue weighted by molar-refractivity contribution is 0.477. The number of aryl methyl sites for hydroxylation is 1. The fraction of sp³-hybridized carbons (Fsp3) is 0.667. The highest BCUT2D eigenvalue weighted by Gasteiger charge is 2.23. The lowest BCUT2D eigenvalue weighted by atomic mass is 10.1. The van der Waals surface area contributed by atoms with Crippen LogP contribution in [0, 0.1) is 18.8 Å². The van der Waals surface area contributed by atoms with Gasteiger partial charge in [-0.05, 0) is 50.4 Å². The standard InChI is InChI=1S/C15H25N3/c1-12(2)9-16-10-14-6-8-18(11-14)15-5-4-7-17-13(15)3/h4-5,7,12,14,16H,6,8-11H2,1-3H3. The molecule has 0 bridgehead atoms. The molecule has 1 aliphatic rings. The number of pyridine rings is 1. The van der Waals surface area contributed by atoms with E-state index in [0.717, 1.165) is 37.2 Å². The van der Waals surface area contributed by atoms with Crippen LogP contribution in [0.25, 0.3) is 0 Å². The highest BCUT2D eigenvalue weighted by molar-refractivity contribution is 5.50. The molecule has 1 unspecified atom stereocenters. The predicted molar refractivity (Wildman–Crippen MR) is 77.0 cm³/mol. The van der Waals surface area contributed by atoms with Gasteiger partial charge >= 0.3 is 0 Å². The molecule has 0 saturated carbocycles. The van der Waals surface area contributed by atoms with Crippen LogP contribution in [0.5, 0.6) is 0 Å². The Labute approximate surface area is 111 Å². The second kappa shape index (κ2) is 6.19. The summed E-state index contributed by atoms with van der Waals surface area (Å²) in [7, 11) is 0. The summed E-state index contributed by atoms with van der Waals surface area (Å²) in [5, 5.41) is 3.57. The first-order valence-corrected chi connectivity index (χ1v) is 7.04. The van der Waals surface area contributed by atoms with E-state index < -0.39 is 0 Å². The maximum absolute atomic E-state index is 4.38. The number of hydrogen-bond acceptors (Lipinski definition) is 3. The van der Waals surface area contributed by atoms with Crippen molar-refractivity contribution >= 4 is 5.69 Å². The van der Waals surface area contributed by atoms with Crippen molar-refractivity contribution in [3.63, 3.8) is 0 Å². The minimum absolute atomic E-state index is 0.739. The van der Waals surface area contributed by atoms with Crippen LogP contribution in [0.1, 0.15) is 26.0 Å². The van der Waals surface area contributed by atoms with E-state index in [1.807, 2.05) is 12.3 Å². The van der Waals surface area contributed by atoms with Crippen LogP contribution < -0.4 is 10.2 Å². The van der Waals surface area contributed by atoms with Gasteiger partial charge in [-0.15, -0.1) is 0 Å². The number of rotatable bonds is 5. The fourth-order valence-corrected chi connectivity index (χ4v) is 2.60. The molecule has 2 heterocycles. The normalized spacial score (nSPS) is 19.8. The van der Waals surface area contributed by atoms with Crippen LogP contribution in [-0.4, -0.2) is 31.2 Å². The van der Waals surface area contributed by atoms with Crippen LogP contribution in [0.4, 0.5) is 5.69 Å². The summed E-state index contributed by atoms with van der Waals surface area (Å²) in [6, 6.07) is 4.22. The van der Waals surface area contributed by atoms with Gasteiger partial charge in [-0.2, -0.15) is 0 Å². The van der Waals surface area contributed by atoms with Crippen molar-refractivity contribution in [3.05, 3.63) is 24.0 Å². The van der Waals surface area contributed by atoms with E-state index in [9.17, 15) is 0 Å². The second-order valence-electron chi connectivity index (χ2n) is 5.76. The lowest BCUT2D eigenvalue weighted by Crippen LogP contribution is -2.29. The van der Waals surface area contributed by atoms with Gasteiger partial charge in [0.05, 0.1) is 11.4 Å². The first-order valence-electron chi connectivity index (χ1n) is 7.04. The van der Waals surface area contributed by atoms with E-state index >= 15 is 0 Å². The van der Waals surface area contributed by atoms with Crippen LogP contribution in [0.3, 0.4) is 0 Å². The molecule has 100 valence electrons. The van der Waals surface area contributed by atoms with Crippen molar-refractivity contribution in [2.24, 2.45) is 11.8 Å². The molecule has 1 aromatic rings. The number of anilines is 1. The molecule has 3 heteroatoms. The summed E-state index contributed by atoms with van der Waals surface area (Å²) < 4.78 is 0. The van der Waals surface area contributed by atoms with Crippen molar-refractivity contribution in [2.45, 2.75) is 27.2 Å². The Morgan fingerprint density at radius 1 is 1.50 bits per heavy atom. The summed E-state index contributed by atoms with van der Waals surface area (Å²) in [6.45, 7) is 11.2. The Hall–Kier alpha value is -1.09. The van der Waals surface area contributed by atoms with Crippen molar-refractivity contribution in [3.8, 4) is 0 Å². The fourth-order valence-electron chi connectivity index (χ4n) is 2.60. The average molecular weight is 247 g/mol. The number of nitrogens with zero attached hydrogens (tertiary/aromatic N) is 2. The van der Waals surface area contributed by atoms with Crippen molar-refractivity contribution in [1.29, 1.82) is 0 Å². The molecule has 0 spiro atoms. The molecule has 1 atom stereocenters. The molecule has 2 rings (SSSR count). The Morgan fingerprint density at radius 2 is 2.33 bits per heavy atom. The summed E-state index contributed by atoms with van der Waals surface area (Å²) in [5.41, 5.74) is 2.46. The van der Waals surface area contributed by atoms with Gasteiger partial charge < -0.3 is 10.2 Å². The third-order valence-corrected chi connectivity index (χ3v) is 3.59. The van der Waals surface area contributed by atoms with Gasteiger partial charge in [0.25, 0.3) is 0 Å². The Bertz CT molecular complexity index is 376. The van der Waals surface area contributed by atoms with Crippen molar-refractivity contribution in [1.82, 2.24) is 10.3 Å². The minimum atomic E-state index is 0.739. The van der Waals surface area contributed by atoms with Gasteiger partial charge in [0.15, 0.2) is 0 Å². The van der Waals surface area contributed by atoms with Crippen LogP contribution in [0.15, 0.2) is 18.3 Å². The average Bonchev–Trinajstić information content (AvgIpc) is 2.78. The van der Waals surface area contributed by atoms with Gasteiger partial charge in [-0.1, -0.05) is 13.8 Å². The number of aromatic nitrogens is 1. The number of nitrogens with one attached hydrogen (secondary N) is 1. The third-order valence-electron chi connectivity index (χ3n) is 3.59. The maximum Gasteiger partial charge on any atom is 0.0605 e. The van der Waals surface area contributed by atoms with Gasteiger partial charge in [0.1, 0.15) is 0 Å². The highest BCUT2D eigenvalue weighted by atomic mass is 15.2. The molecule has 1 saturated heterocycles. The summed E-state index contributed by atoms with van der Waals surface area (Å²) >= 11 is 0. The molecule has 0 aliphatic carbocycles. The van der Waals surface area contributed by atoms with Crippen LogP contribution in [0.2, 0.25) is 0 Å². The Balaban J connectivity index is 1.83. The molecule has 0 aromatic carbocycles. The Kier molecular flexibility index (Phi) is 4.59. The van der Waals surface area contributed by atoms with Gasteiger partial charge in [0, 0.05) is 19.3 Å².